The number of aliphatic hydroxyl groups excluding tert-OH is 1. The third kappa shape index (κ3) is 20.3. The minimum absolute atomic E-state index is 0.0261. The van der Waals surface area contributed by atoms with Gasteiger partial charge in [0.1, 0.15) is 36.3 Å². The predicted octanol–water partition coefficient (Wildman–Crippen LogP) is 0.840. The van der Waals surface area contributed by atoms with Gasteiger partial charge in [-0.3, -0.25) is 33.6 Å². The molecule has 18 nitrogen and oxygen atoms in total. The number of nitrogens with two attached hydrogens (primary N) is 1. The summed E-state index contributed by atoms with van der Waals surface area (Å²) >= 11 is 5.48. The van der Waals surface area contributed by atoms with E-state index in [0.717, 1.165) is 0 Å². The van der Waals surface area contributed by atoms with Crippen molar-refractivity contribution < 1.29 is 48.6 Å². The fraction of sp³-hybridized carbons (Fsp3) is 0.810. The summed E-state index contributed by atoms with van der Waals surface area (Å²) in [6.45, 7) is 15.9. The first-order valence-electron chi connectivity index (χ1n) is 21.8. The Morgan fingerprint density at radius 3 is 1.50 bits per heavy atom. The molecule has 0 aliphatic heterocycles. The molecule has 0 aromatic rings. The largest absolute Gasteiger partial charge is 0.480 e. The maximum atomic E-state index is 13.9. The minimum atomic E-state index is -1.54. The lowest BCUT2D eigenvalue weighted by Crippen LogP contribution is -2.61. The topological polar surface area (TPSA) is 287 Å². The van der Waals surface area contributed by atoms with Crippen molar-refractivity contribution >= 4 is 71.7 Å². The van der Waals surface area contributed by atoms with Gasteiger partial charge in [0.15, 0.2) is 0 Å². The molecule has 20 heteroatoms. The molecule has 0 heterocycles. The van der Waals surface area contributed by atoms with Crippen molar-refractivity contribution in [2.45, 2.75) is 168 Å². The Kier molecular flexibility index (Phi) is 25.7. The highest BCUT2D eigenvalue weighted by atomic mass is 32.2. The number of carboxylic acids is 1. The van der Waals surface area contributed by atoms with E-state index in [-0.39, 0.29) is 60.6 Å². The Morgan fingerprint density at radius 2 is 1.05 bits per heavy atom. The molecule has 356 valence electrons. The van der Waals surface area contributed by atoms with Gasteiger partial charge in [-0.05, 0) is 94.0 Å². The fourth-order valence-corrected chi connectivity index (χ4v) is 7.66. The van der Waals surface area contributed by atoms with Gasteiger partial charge in [-0.2, -0.15) is 24.4 Å². The van der Waals surface area contributed by atoms with E-state index in [1.54, 1.807) is 20.1 Å². The highest BCUT2D eigenvalue weighted by Gasteiger charge is 2.36. The standard InChI is InChI=1S/C42H76N8O10S2/c1-21(2)17-30(47-36(53)28(43)20-61)38(55)44-27-13-11-26(12-14-27)35(52)46-31(18-22(3)4)39(56)48-32(19-23(5)6)40(57)50-34(25(9)51)41(58)45-29(15-16-62-10)37(54)49-33(24(7)8)42(59)60/h21-34,51,61H,11-20,43H2,1-10H3,(H,44,55)(H,45,58)(H,46,52)(H,47,53)(H,48,56)(H,49,54)(H,50,57)(H,59,60)/t25-,26?,27?,28+,29+,30+,31+,32+,33+,34+/m1/s1. The molecule has 11 N–H and O–H groups in total. The van der Waals surface area contributed by atoms with Crippen molar-refractivity contribution in [3.63, 3.8) is 0 Å². The molecule has 0 bridgehead atoms. The number of carbonyl (C=O) groups excluding carboxylic acids is 7. The number of carboxylic acid groups (broad SMARTS) is 1. The second kappa shape index (κ2) is 28.2. The van der Waals surface area contributed by atoms with E-state index in [1.165, 1.54) is 18.7 Å². The predicted molar refractivity (Wildman–Crippen MR) is 243 cm³/mol. The Bertz CT molecular complexity index is 1490. The van der Waals surface area contributed by atoms with E-state index in [0.29, 0.717) is 37.9 Å². The van der Waals surface area contributed by atoms with Gasteiger partial charge in [-0.15, -0.1) is 0 Å². The summed E-state index contributed by atoms with van der Waals surface area (Å²) in [6, 6.07) is -7.93. The molecule has 1 aliphatic carbocycles. The molecule has 0 radical (unpaired) electrons. The molecule has 1 aliphatic rings. The monoisotopic (exact) mass is 917 g/mol. The maximum absolute atomic E-state index is 13.9. The molecule has 1 saturated carbocycles. The van der Waals surface area contributed by atoms with E-state index < -0.39 is 95.7 Å². The number of thioether (sulfide) groups is 1. The Balaban J connectivity index is 3.09. The molecular formula is C42H76N8O10S2. The van der Waals surface area contributed by atoms with Gasteiger partial charge in [-0.1, -0.05) is 55.4 Å². The zero-order chi connectivity index (χ0) is 47.4. The first-order chi connectivity index (χ1) is 28.9. The summed E-state index contributed by atoms with van der Waals surface area (Å²) < 4.78 is 0. The summed E-state index contributed by atoms with van der Waals surface area (Å²) in [5, 5.41) is 39.2. The van der Waals surface area contributed by atoms with Crippen LogP contribution in [-0.2, 0) is 38.4 Å². The van der Waals surface area contributed by atoms with Crippen LogP contribution in [0.5, 0.6) is 0 Å². The van der Waals surface area contributed by atoms with Crippen molar-refractivity contribution in [3.05, 3.63) is 0 Å². The van der Waals surface area contributed by atoms with Crippen LogP contribution < -0.4 is 43.0 Å². The van der Waals surface area contributed by atoms with Gasteiger partial charge < -0.3 is 53.2 Å². The second-order valence-electron chi connectivity index (χ2n) is 18.1. The van der Waals surface area contributed by atoms with Gasteiger partial charge in [0.05, 0.1) is 12.1 Å². The summed E-state index contributed by atoms with van der Waals surface area (Å²) in [5.41, 5.74) is 5.80. The third-order valence-corrected chi connectivity index (χ3v) is 11.6. The number of thiol groups is 1. The molecule has 0 unspecified atom stereocenters. The Morgan fingerprint density at radius 1 is 0.613 bits per heavy atom. The first-order valence-corrected chi connectivity index (χ1v) is 23.8. The number of carbonyl (C=O) groups is 8. The summed E-state index contributed by atoms with van der Waals surface area (Å²) in [5.74, 6) is -5.64. The number of aliphatic hydroxyl groups is 1. The second-order valence-corrected chi connectivity index (χ2v) is 19.4. The van der Waals surface area contributed by atoms with Crippen molar-refractivity contribution in [1.29, 1.82) is 0 Å². The van der Waals surface area contributed by atoms with Crippen molar-refractivity contribution in [1.82, 2.24) is 37.2 Å². The number of nitrogens with one attached hydrogen (secondary N) is 7. The molecule has 1 rings (SSSR count). The number of hydrogen-bond donors (Lipinski definition) is 11. The van der Waals surface area contributed by atoms with Gasteiger partial charge >= 0.3 is 5.97 Å². The van der Waals surface area contributed by atoms with Crippen molar-refractivity contribution in [2.24, 2.45) is 35.3 Å². The Labute approximate surface area is 377 Å². The molecule has 62 heavy (non-hydrogen) atoms. The lowest BCUT2D eigenvalue weighted by atomic mass is 9.85. The molecule has 0 aromatic carbocycles. The maximum Gasteiger partial charge on any atom is 0.326 e. The first kappa shape index (κ1) is 56.4. The third-order valence-electron chi connectivity index (χ3n) is 10.5. The normalized spacial score (nSPS) is 19.2. The van der Waals surface area contributed by atoms with Gasteiger partial charge in [0, 0.05) is 17.7 Å². The molecule has 0 saturated heterocycles. The average molecular weight is 917 g/mol. The number of aliphatic carboxylic acids is 1. The quantitative estimate of drug-likeness (QED) is 0.0512. The highest BCUT2D eigenvalue weighted by Crippen LogP contribution is 2.25. The van der Waals surface area contributed by atoms with Crippen LogP contribution in [0.4, 0.5) is 0 Å². The van der Waals surface area contributed by atoms with Crippen LogP contribution >= 0.6 is 24.4 Å². The van der Waals surface area contributed by atoms with E-state index >= 15 is 0 Å². The SMILES string of the molecule is CSCC[C@H](NC(=O)[C@@H](NC(=O)[C@H](CC(C)C)NC(=O)[C@H](CC(C)C)NC(=O)C1CCC(NC(=O)[C@H](CC(C)C)NC(=O)[C@@H](N)CS)CC1)[C@@H](C)O)C(=O)N[C@H](C(=O)O)C(C)C. The summed E-state index contributed by atoms with van der Waals surface area (Å²) in [6.07, 6.45) is 3.23. The molecule has 7 amide bonds. The number of rotatable bonds is 27. The van der Waals surface area contributed by atoms with Gasteiger partial charge in [-0.25, -0.2) is 4.79 Å². The van der Waals surface area contributed by atoms with Crippen molar-refractivity contribution in [3.8, 4) is 0 Å². The summed E-state index contributed by atoms with van der Waals surface area (Å²) in [7, 11) is 0. The lowest BCUT2D eigenvalue weighted by molar-refractivity contribution is -0.143. The zero-order valence-electron chi connectivity index (χ0n) is 38.2. The van der Waals surface area contributed by atoms with Crippen LogP contribution in [0.3, 0.4) is 0 Å². The molecule has 0 aromatic heterocycles. The highest BCUT2D eigenvalue weighted by molar-refractivity contribution is 7.98. The van der Waals surface area contributed by atoms with E-state index in [2.05, 4.69) is 49.8 Å². The Hall–Kier alpha value is -3.62. The molecule has 0 spiro atoms. The van der Waals surface area contributed by atoms with E-state index in [9.17, 15) is 48.6 Å². The molecule has 1 fully saturated rings. The van der Waals surface area contributed by atoms with Crippen LogP contribution in [0.1, 0.15) is 114 Å². The van der Waals surface area contributed by atoms with Crippen LogP contribution in [0, 0.1) is 29.6 Å². The molecule has 8 atom stereocenters. The van der Waals surface area contributed by atoms with Crippen LogP contribution in [0.25, 0.3) is 0 Å². The van der Waals surface area contributed by atoms with E-state index in [1.807, 2.05) is 41.5 Å². The van der Waals surface area contributed by atoms with Gasteiger partial charge in [0.2, 0.25) is 41.4 Å². The van der Waals surface area contributed by atoms with Gasteiger partial charge in [0.25, 0.3) is 0 Å². The molecular weight excluding hydrogens is 841 g/mol. The number of amides is 7. The van der Waals surface area contributed by atoms with Crippen LogP contribution in [-0.4, -0.2) is 130 Å². The number of hydrogen-bond acceptors (Lipinski definition) is 12. The lowest BCUT2D eigenvalue weighted by Gasteiger charge is -2.32. The van der Waals surface area contributed by atoms with Crippen LogP contribution in [0.15, 0.2) is 0 Å². The zero-order valence-corrected chi connectivity index (χ0v) is 40.0. The smallest absolute Gasteiger partial charge is 0.326 e. The fourth-order valence-electron chi connectivity index (χ4n) is 7.03. The van der Waals surface area contributed by atoms with E-state index in [4.69, 9.17) is 5.73 Å². The summed E-state index contributed by atoms with van der Waals surface area (Å²) in [4.78, 5) is 106. The average Bonchev–Trinajstić information content (AvgIpc) is 3.18. The minimum Gasteiger partial charge on any atom is -0.480 e. The van der Waals surface area contributed by atoms with Crippen molar-refractivity contribution in [2.75, 3.05) is 17.8 Å². The van der Waals surface area contributed by atoms with Crippen LogP contribution in [0.2, 0.25) is 0 Å².